The Hall–Kier alpha value is -1.93. The highest BCUT2D eigenvalue weighted by molar-refractivity contribution is 5.80. The molecule has 3 atom stereocenters. The van der Waals surface area contributed by atoms with Crippen LogP contribution in [0.4, 0.5) is 11.8 Å². The van der Waals surface area contributed by atoms with E-state index in [1.54, 1.807) is 0 Å². The number of hydrogen-bond donors (Lipinski definition) is 3. The normalized spacial score (nSPS) is 25.4. The van der Waals surface area contributed by atoms with Gasteiger partial charge in [0.25, 0.3) is 0 Å². The van der Waals surface area contributed by atoms with Crippen LogP contribution in [0.2, 0.25) is 0 Å². The first kappa shape index (κ1) is 25.2. The Morgan fingerprint density at radius 3 is 2.71 bits per heavy atom. The third-order valence-corrected chi connectivity index (χ3v) is 7.69. The first-order valence-corrected chi connectivity index (χ1v) is 13.6. The number of carbonyl (C=O) groups excluding carboxylic acids is 1. The van der Waals surface area contributed by atoms with Gasteiger partial charge < -0.3 is 20.9 Å². The number of piperidine rings is 2. The fraction of sp³-hybridized carbons (Fsp3) is 0.769. The van der Waals surface area contributed by atoms with Crippen molar-refractivity contribution in [3.63, 3.8) is 0 Å². The van der Waals surface area contributed by atoms with Crippen molar-refractivity contribution in [1.82, 2.24) is 25.5 Å². The highest BCUT2D eigenvalue weighted by Gasteiger charge is 2.31. The molecule has 8 heteroatoms. The number of rotatable bonds is 8. The first-order valence-electron chi connectivity index (χ1n) is 13.6. The predicted octanol–water partition coefficient (Wildman–Crippen LogP) is 2.83. The van der Waals surface area contributed by atoms with Gasteiger partial charge in [-0.3, -0.25) is 9.69 Å². The summed E-state index contributed by atoms with van der Waals surface area (Å²) in [6.45, 7) is 9.00. The molecule has 1 aromatic heterocycles. The van der Waals surface area contributed by atoms with Gasteiger partial charge in [-0.2, -0.15) is 4.98 Å². The third-order valence-electron chi connectivity index (χ3n) is 7.69. The molecule has 8 nitrogen and oxygen atoms in total. The number of hydrogen-bond acceptors (Lipinski definition) is 7. The van der Waals surface area contributed by atoms with Crippen LogP contribution in [0.5, 0.6) is 0 Å². The summed E-state index contributed by atoms with van der Waals surface area (Å²) in [6.07, 6.45) is 14.6. The van der Waals surface area contributed by atoms with E-state index in [1.807, 2.05) is 6.20 Å². The average Bonchev–Trinajstić information content (AvgIpc) is 2.85. The molecule has 1 unspecified atom stereocenters. The molecule has 3 aliphatic rings. The third kappa shape index (κ3) is 7.04. The molecule has 3 fully saturated rings. The van der Waals surface area contributed by atoms with Gasteiger partial charge in [-0.25, -0.2) is 4.98 Å². The van der Waals surface area contributed by atoms with Crippen molar-refractivity contribution in [3.05, 3.63) is 18.7 Å². The molecule has 0 saturated carbocycles. The summed E-state index contributed by atoms with van der Waals surface area (Å²) in [5.74, 6) is 2.00. The number of likely N-dealkylation sites (tertiary alicyclic amines) is 1. The molecule has 0 aliphatic carbocycles. The molecule has 0 aromatic carbocycles. The lowest BCUT2D eigenvalue weighted by Crippen LogP contribution is -2.52. The molecule has 3 saturated heterocycles. The molecule has 1 aromatic rings. The van der Waals surface area contributed by atoms with Crippen LogP contribution < -0.4 is 20.9 Å². The van der Waals surface area contributed by atoms with Gasteiger partial charge in [0.05, 0.1) is 0 Å². The molecular formula is C26H44N7O. The van der Waals surface area contributed by atoms with Crippen LogP contribution in [0.3, 0.4) is 0 Å². The van der Waals surface area contributed by atoms with E-state index in [2.05, 4.69) is 50.1 Å². The van der Waals surface area contributed by atoms with E-state index in [-0.39, 0.29) is 11.8 Å². The minimum Gasteiger partial charge on any atom is -0.356 e. The van der Waals surface area contributed by atoms with E-state index in [0.29, 0.717) is 18.6 Å². The second kappa shape index (κ2) is 13.2. The van der Waals surface area contributed by atoms with Gasteiger partial charge in [-0.1, -0.05) is 26.2 Å². The second-order valence-electron chi connectivity index (χ2n) is 10.00. The van der Waals surface area contributed by atoms with E-state index in [1.165, 1.54) is 38.5 Å². The van der Waals surface area contributed by atoms with E-state index in [0.717, 1.165) is 70.3 Å². The van der Waals surface area contributed by atoms with Crippen molar-refractivity contribution < 1.29 is 4.79 Å². The minimum absolute atomic E-state index is 0.0447. The first-order chi connectivity index (χ1) is 16.7. The number of nitrogens with one attached hydrogen (secondary N) is 3. The van der Waals surface area contributed by atoms with Crippen molar-refractivity contribution in [2.75, 3.05) is 56.0 Å². The zero-order valence-corrected chi connectivity index (χ0v) is 21.0. The van der Waals surface area contributed by atoms with Crippen molar-refractivity contribution in [1.29, 1.82) is 0 Å². The van der Waals surface area contributed by atoms with Crippen molar-refractivity contribution in [2.24, 2.45) is 5.92 Å². The SMILES string of the molecule is CCN1CCC[C@H](Nc2nccc(N3CCCCCCC3)n2)[C@H]1CCNC(=O)C1[CH]CNCC1. The highest BCUT2D eigenvalue weighted by atomic mass is 16.1. The molecule has 34 heavy (non-hydrogen) atoms. The maximum atomic E-state index is 12.6. The van der Waals surface area contributed by atoms with Crippen molar-refractivity contribution in [3.8, 4) is 0 Å². The highest BCUT2D eigenvalue weighted by Crippen LogP contribution is 2.24. The largest absolute Gasteiger partial charge is 0.356 e. The Balaban J connectivity index is 1.35. The van der Waals surface area contributed by atoms with Gasteiger partial charge >= 0.3 is 0 Å². The average molecular weight is 471 g/mol. The smallest absolute Gasteiger partial charge is 0.224 e. The minimum atomic E-state index is 0.0447. The number of aromatic nitrogens is 2. The summed E-state index contributed by atoms with van der Waals surface area (Å²) >= 11 is 0. The van der Waals surface area contributed by atoms with Gasteiger partial charge in [-0.05, 0) is 77.2 Å². The number of amides is 1. The van der Waals surface area contributed by atoms with Gasteiger partial charge in [0.2, 0.25) is 11.9 Å². The van der Waals surface area contributed by atoms with E-state index >= 15 is 0 Å². The lowest BCUT2D eigenvalue weighted by molar-refractivity contribution is -0.124. The maximum Gasteiger partial charge on any atom is 0.224 e. The van der Waals surface area contributed by atoms with Crippen LogP contribution >= 0.6 is 0 Å². The molecule has 4 heterocycles. The predicted molar refractivity (Wildman–Crippen MR) is 138 cm³/mol. The van der Waals surface area contributed by atoms with Crippen LogP contribution in [0.15, 0.2) is 12.3 Å². The zero-order valence-electron chi connectivity index (χ0n) is 21.0. The molecule has 3 aliphatic heterocycles. The van der Waals surface area contributed by atoms with Gasteiger partial charge in [-0.15, -0.1) is 0 Å². The van der Waals surface area contributed by atoms with E-state index < -0.39 is 0 Å². The van der Waals surface area contributed by atoms with E-state index in [4.69, 9.17) is 4.98 Å². The maximum absolute atomic E-state index is 12.6. The summed E-state index contributed by atoms with van der Waals surface area (Å²) in [7, 11) is 0. The van der Waals surface area contributed by atoms with Crippen molar-refractivity contribution >= 4 is 17.7 Å². The summed E-state index contributed by atoms with van der Waals surface area (Å²) in [5.41, 5.74) is 0. The molecule has 0 spiro atoms. The molecule has 4 rings (SSSR count). The molecule has 1 amide bonds. The molecule has 3 N–H and O–H groups in total. The molecule has 1 radical (unpaired) electrons. The number of likely N-dealkylation sites (N-methyl/N-ethyl adjacent to an activating group) is 1. The van der Waals surface area contributed by atoms with Crippen LogP contribution in [0, 0.1) is 12.3 Å². The lowest BCUT2D eigenvalue weighted by Gasteiger charge is -2.41. The monoisotopic (exact) mass is 470 g/mol. The zero-order chi connectivity index (χ0) is 23.6. The standard InChI is InChI=1S/C26H44N7O/c1-2-32-20-8-9-22(23(32)12-16-28-25(34)21-10-14-27-15-11-21)30-26-29-17-13-24(31-26)33-18-6-4-3-5-7-19-33/h10,13,17,21-23,27H,2-9,11-12,14-16,18-20H2,1H3,(H,28,34)(H,29,30,31)/t21?,22-,23+/m0/s1. The number of anilines is 2. The summed E-state index contributed by atoms with van der Waals surface area (Å²) < 4.78 is 0. The topological polar surface area (TPSA) is 85.4 Å². The molecule has 189 valence electrons. The Morgan fingerprint density at radius 1 is 1.12 bits per heavy atom. The summed E-state index contributed by atoms with van der Waals surface area (Å²) in [4.78, 5) is 27.0. The van der Waals surface area contributed by atoms with Crippen LogP contribution in [0.1, 0.15) is 64.7 Å². The quantitative estimate of drug-likeness (QED) is 0.539. The number of nitrogens with zero attached hydrogens (tertiary/aromatic N) is 4. The van der Waals surface area contributed by atoms with Gasteiger partial charge in [0.1, 0.15) is 5.82 Å². The van der Waals surface area contributed by atoms with E-state index in [9.17, 15) is 4.79 Å². The van der Waals surface area contributed by atoms with Crippen LogP contribution in [0.25, 0.3) is 0 Å². The second-order valence-corrected chi connectivity index (χ2v) is 10.00. The fourth-order valence-electron chi connectivity index (χ4n) is 5.72. The number of carbonyl (C=O) groups is 1. The fourth-order valence-corrected chi connectivity index (χ4v) is 5.72. The Kier molecular flexibility index (Phi) is 9.80. The van der Waals surface area contributed by atoms with Crippen molar-refractivity contribution in [2.45, 2.75) is 76.8 Å². The Bertz CT molecular complexity index is 746. The van der Waals surface area contributed by atoms with Crippen LogP contribution in [-0.2, 0) is 4.79 Å². The Morgan fingerprint density at radius 2 is 1.94 bits per heavy atom. The lowest BCUT2D eigenvalue weighted by atomic mass is 9.93. The Labute approximate surface area is 205 Å². The van der Waals surface area contributed by atoms with Gasteiger partial charge in [0.15, 0.2) is 0 Å². The summed E-state index contributed by atoms with van der Waals surface area (Å²) in [6, 6.07) is 2.71. The molecular weight excluding hydrogens is 426 g/mol. The summed E-state index contributed by atoms with van der Waals surface area (Å²) in [5, 5.41) is 10.2. The van der Waals surface area contributed by atoms with Crippen LogP contribution in [-0.4, -0.2) is 78.7 Å². The molecule has 0 bridgehead atoms. The van der Waals surface area contributed by atoms with Gasteiger partial charge in [0, 0.05) is 43.8 Å².